The third kappa shape index (κ3) is 1.65. The summed E-state index contributed by atoms with van der Waals surface area (Å²) in [7, 11) is 0. The number of hydrogen-bond acceptors (Lipinski definition) is 3. The minimum atomic E-state index is 0.721. The molecule has 0 aliphatic carbocycles. The molecule has 0 spiro atoms. The van der Waals surface area contributed by atoms with Gasteiger partial charge < -0.3 is 10.3 Å². The van der Waals surface area contributed by atoms with Crippen LogP contribution in [-0.2, 0) is 0 Å². The maximum absolute atomic E-state index is 8.66. The molecule has 1 aromatic rings. The van der Waals surface area contributed by atoms with E-state index >= 15 is 0 Å². The predicted molar refractivity (Wildman–Crippen MR) is 50.0 cm³/mol. The minimum absolute atomic E-state index is 0.721. The molecular formula is C9H12N4. The molecule has 13 heavy (non-hydrogen) atoms. The average Bonchev–Trinajstić information content (AvgIpc) is 2.67. The number of nitrogens with zero attached hydrogens (tertiary/aromatic N) is 3. The summed E-state index contributed by atoms with van der Waals surface area (Å²) in [5.74, 6) is 0. The van der Waals surface area contributed by atoms with E-state index in [2.05, 4.69) is 16.4 Å². The van der Waals surface area contributed by atoms with Crippen molar-refractivity contribution in [1.29, 1.82) is 5.26 Å². The van der Waals surface area contributed by atoms with Crippen LogP contribution >= 0.6 is 0 Å². The summed E-state index contributed by atoms with van der Waals surface area (Å²) in [5, 5.41) is 14.2. The molecular weight excluding hydrogens is 164 g/mol. The topological polar surface area (TPSA) is 44.0 Å². The Balaban J connectivity index is 2.11. The second-order valence-corrected chi connectivity index (χ2v) is 3.10. The Labute approximate surface area is 77.3 Å². The lowest BCUT2D eigenvalue weighted by Gasteiger charge is -2.30. The highest BCUT2D eigenvalue weighted by molar-refractivity contribution is 5.26. The van der Waals surface area contributed by atoms with Crippen LogP contribution in [0, 0.1) is 11.3 Å². The molecule has 4 heteroatoms. The van der Waals surface area contributed by atoms with Gasteiger partial charge in [0.2, 0.25) is 0 Å². The molecule has 1 fully saturated rings. The Hall–Kier alpha value is -1.47. The van der Waals surface area contributed by atoms with Crippen molar-refractivity contribution in [3.8, 4) is 6.07 Å². The fraction of sp³-hybridized carbons (Fsp3) is 0.444. The van der Waals surface area contributed by atoms with E-state index in [0.29, 0.717) is 0 Å². The van der Waals surface area contributed by atoms with E-state index in [9.17, 15) is 0 Å². The van der Waals surface area contributed by atoms with Crippen LogP contribution in [-0.4, -0.2) is 30.9 Å². The van der Waals surface area contributed by atoms with Crippen molar-refractivity contribution in [3.05, 3.63) is 24.0 Å². The zero-order chi connectivity index (χ0) is 9.10. The van der Waals surface area contributed by atoms with Gasteiger partial charge in [-0.1, -0.05) is 0 Å². The maximum atomic E-state index is 8.66. The van der Waals surface area contributed by atoms with Gasteiger partial charge in [0, 0.05) is 38.6 Å². The third-order valence-corrected chi connectivity index (χ3v) is 2.23. The number of aromatic nitrogens is 1. The zero-order valence-corrected chi connectivity index (χ0v) is 7.40. The summed E-state index contributed by atoms with van der Waals surface area (Å²) in [6.45, 7) is 4.03. The van der Waals surface area contributed by atoms with Gasteiger partial charge in [0.25, 0.3) is 0 Å². The number of nitrogens with one attached hydrogen (secondary N) is 1. The molecule has 2 heterocycles. The molecule has 0 bridgehead atoms. The SMILES string of the molecule is N#Cc1ccn(N2CCNCC2)c1. The van der Waals surface area contributed by atoms with Crippen LogP contribution in [0.25, 0.3) is 0 Å². The molecule has 68 valence electrons. The second-order valence-electron chi connectivity index (χ2n) is 3.10. The molecule has 1 aliphatic rings. The lowest BCUT2D eigenvalue weighted by Crippen LogP contribution is -2.48. The molecule has 0 unspecified atom stereocenters. The van der Waals surface area contributed by atoms with Crippen LogP contribution in [0.2, 0.25) is 0 Å². The summed E-state index contributed by atoms with van der Waals surface area (Å²) < 4.78 is 2.00. The van der Waals surface area contributed by atoms with Gasteiger partial charge in [-0.25, -0.2) is 0 Å². The first-order valence-corrected chi connectivity index (χ1v) is 4.44. The lowest BCUT2D eigenvalue weighted by atomic mass is 10.4. The van der Waals surface area contributed by atoms with Crippen molar-refractivity contribution >= 4 is 0 Å². The van der Waals surface area contributed by atoms with E-state index in [1.54, 1.807) is 0 Å². The highest BCUT2D eigenvalue weighted by atomic mass is 15.5. The number of hydrogen-bond donors (Lipinski definition) is 1. The Morgan fingerprint density at radius 1 is 1.38 bits per heavy atom. The molecule has 1 aliphatic heterocycles. The summed E-state index contributed by atoms with van der Waals surface area (Å²) >= 11 is 0. The van der Waals surface area contributed by atoms with E-state index in [0.717, 1.165) is 31.7 Å². The van der Waals surface area contributed by atoms with Crippen LogP contribution < -0.4 is 10.3 Å². The Morgan fingerprint density at radius 2 is 2.15 bits per heavy atom. The van der Waals surface area contributed by atoms with E-state index in [-0.39, 0.29) is 0 Å². The normalized spacial score (nSPS) is 17.0. The van der Waals surface area contributed by atoms with Gasteiger partial charge in [-0.05, 0) is 6.07 Å². The first-order valence-electron chi connectivity index (χ1n) is 4.44. The van der Waals surface area contributed by atoms with E-state index < -0.39 is 0 Å². The average molecular weight is 176 g/mol. The van der Waals surface area contributed by atoms with Crippen molar-refractivity contribution in [3.63, 3.8) is 0 Å². The largest absolute Gasteiger partial charge is 0.313 e. The quantitative estimate of drug-likeness (QED) is 0.650. The first-order chi connectivity index (χ1) is 6.40. The molecule has 1 N–H and O–H groups in total. The van der Waals surface area contributed by atoms with E-state index in [4.69, 9.17) is 5.26 Å². The molecule has 1 aromatic heterocycles. The summed E-state index contributed by atoms with van der Waals surface area (Å²) in [5.41, 5.74) is 0.721. The zero-order valence-electron chi connectivity index (χ0n) is 7.40. The molecule has 2 rings (SSSR count). The number of rotatable bonds is 1. The van der Waals surface area contributed by atoms with Gasteiger partial charge in [0.05, 0.1) is 5.56 Å². The van der Waals surface area contributed by atoms with Crippen LogP contribution in [0.3, 0.4) is 0 Å². The monoisotopic (exact) mass is 176 g/mol. The van der Waals surface area contributed by atoms with Crippen molar-refractivity contribution in [1.82, 2.24) is 9.99 Å². The van der Waals surface area contributed by atoms with Crippen LogP contribution in [0.4, 0.5) is 0 Å². The Morgan fingerprint density at radius 3 is 2.77 bits per heavy atom. The van der Waals surface area contributed by atoms with Gasteiger partial charge >= 0.3 is 0 Å². The fourth-order valence-electron chi connectivity index (χ4n) is 1.51. The molecule has 1 saturated heterocycles. The van der Waals surface area contributed by atoms with Crippen LogP contribution in [0.1, 0.15) is 5.56 Å². The molecule has 0 radical (unpaired) electrons. The lowest BCUT2D eigenvalue weighted by molar-refractivity contribution is 0.492. The van der Waals surface area contributed by atoms with Crippen molar-refractivity contribution in [2.75, 3.05) is 31.2 Å². The summed E-state index contributed by atoms with van der Waals surface area (Å²) in [6.07, 6.45) is 3.80. The van der Waals surface area contributed by atoms with Gasteiger partial charge in [0.15, 0.2) is 0 Å². The van der Waals surface area contributed by atoms with Gasteiger partial charge in [-0.15, -0.1) is 0 Å². The molecule has 4 nitrogen and oxygen atoms in total. The summed E-state index contributed by atoms with van der Waals surface area (Å²) in [6, 6.07) is 3.96. The molecule has 0 aromatic carbocycles. The van der Waals surface area contributed by atoms with Crippen molar-refractivity contribution < 1.29 is 0 Å². The van der Waals surface area contributed by atoms with Gasteiger partial charge in [-0.3, -0.25) is 4.68 Å². The molecule has 0 atom stereocenters. The van der Waals surface area contributed by atoms with Gasteiger partial charge in [0.1, 0.15) is 6.07 Å². The standard InChI is InChI=1S/C9H12N4/c10-7-9-1-4-13(8-9)12-5-2-11-3-6-12/h1,4,8,11H,2-3,5-6H2. The Kier molecular flexibility index (Phi) is 2.19. The fourth-order valence-corrected chi connectivity index (χ4v) is 1.51. The van der Waals surface area contributed by atoms with Crippen molar-refractivity contribution in [2.45, 2.75) is 0 Å². The number of piperazine rings is 1. The Bertz CT molecular complexity index is 317. The summed E-state index contributed by atoms with van der Waals surface area (Å²) in [4.78, 5) is 0. The van der Waals surface area contributed by atoms with Gasteiger partial charge in [-0.2, -0.15) is 5.26 Å². The number of nitriles is 1. The third-order valence-electron chi connectivity index (χ3n) is 2.23. The van der Waals surface area contributed by atoms with Crippen LogP contribution in [0.15, 0.2) is 18.5 Å². The second kappa shape index (κ2) is 3.50. The smallest absolute Gasteiger partial charge is 0.101 e. The molecule has 0 amide bonds. The highest BCUT2D eigenvalue weighted by Crippen LogP contribution is 2.01. The highest BCUT2D eigenvalue weighted by Gasteiger charge is 2.09. The van der Waals surface area contributed by atoms with Crippen molar-refractivity contribution in [2.24, 2.45) is 0 Å². The van der Waals surface area contributed by atoms with E-state index in [1.807, 2.05) is 23.1 Å². The first kappa shape index (κ1) is 8.14. The van der Waals surface area contributed by atoms with E-state index in [1.165, 1.54) is 0 Å². The molecule has 0 saturated carbocycles. The van der Waals surface area contributed by atoms with Crippen LogP contribution in [0.5, 0.6) is 0 Å². The maximum Gasteiger partial charge on any atom is 0.101 e. The predicted octanol–water partition coefficient (Wildman–Crippen LogP) is -0.0990. The minimum Gasteiger partial charge on any atom is -0.313 e.